The van der Waals surface area contributed by atoms with Gasteiger partial charge in [-0.05, 0) is 12.1 Å². The van der Waals surface area contributed by atoms with Crippen molar-refractivity contribution >= 4 is 28.0 Å². The number of halogens is 1. The lowest BCUT2D eigenvalue weighted by Gasteiger charge is -2.31. The first-order valence-corrected chi connectivity index (χ1v) is 7.84. The van der Waals surface area contributed by atoms with Crippen molar-refractivity contribution in [2.24, 2.45) is 0 Å². The highest BCUT2D eigenvalue weighted by Gasteiger charge is 2.29. The van der Waals surface area contributed by atoms with Crippen LogP contribution < -0.4 is 4.74 Å². The maximum atomic E-state index is 12.5. The number of nitrogens with zero attached hydrogens (tertiary/aromatic N) is 2. The number of amides is 1. The lowest BCUT2D eigenvalue weighted by Crippen LogP contribution is -2.48. The fourth-order valence-corrected chi connectivity index (χ4v) is 3.94. The fourth-order valence-electron chi connectivity index (χ4n) is 2.01. The van der Waals surface area contributed by atoms with Crippen LogP contribution in [0.1, 0.15) is 0 Å². The van der Waals surface area contributed by atoms with Gasteiger partial charge in [-0.2, -0.15) is 4.31 Å². The Bertz CT molecular complexity index is 597. The van der Waals surface area contributed by atoms with Gasteiger partial charge in [0.25, 0.3) is 0 Å². The number of sulfonamides is 1. The standard InChI is InChI=1S/C12H15ClN2O4S/c1-19-10-2-3-12(11(13)8-10)20(17,18)15-6-4-14(9-16)5-7-15/h2-3,8-9H,4-7H2,1H3. The summed E-state index contributed by atoms with van der Waals surface area (Å²) in [5.74, 6) is 0.500. The Labute approximate surface area is 122 Å². The maximum absolute atomic E-state index is 12.5. The van der Waals surface area contributed by atoms with Crippen LogP contribution in [0.25, 0.3) is 0 Å². The fraction of sp³-hybridized carbons (Fsp3) is 0.417. The molecule has 0 saturated carbocycles. The third kappa shape index (κ3) is 2.89. The van der Waals surface area contributed by atoms with E-state index < -0.39 is 10.0 Å². The van der Waals surface area contributed by atoms with Crippen molar-refractivity contribution in [1.82, 2.24) is 9.21 Å². The number of methoxy groups -OCH3 is 1. The zero-order valence-electron chi connectivity index (χ0n) is 11.0. The van der Waals surface area contributed by atoms with E-state index in [2.05, 4.69) is 0 Å². The molecule has 1 amide bonds. The second-order valence-electron chi connectivity index (χ2n) is 4.34. The number of benzene rings is 1. The van der Waals surface area contributed by atoms with Gasteiger partial charge in [-0.15, -0.1) is 0 Å². The molecule has 1 saturated heterocycles. The van der Waals surface area contributed by atoms with E-state index >= 15 is 0 Å². The van der Waals surface area contributed by atoms with Crippen LogP contribution in [0.15, 0.2) is 23.1 Å². The lowest BCUT2D eigenvalue weighted by molar-refractivity contribution is -0.119. The van der Waals surface area contributed by atoms with Gasteiger partial charge in [0, 0.05) is 32.2 Å². The maximum Gasteiger partial charge on any atom is 0.244 e. The number of carbonyl (C=O) groups excluding carboxylic acids is 1. The highest BCUT2D eigenvalue weighted by Crippen LogP contribution is 2.28. The molecule has 1 aliphatic rings. The van der Waals surface area contributed by atoms with Gasteiger partial charge < -0.3 is 9.64 Å². The summed E-state index contributed by atoms with van der Waals surface area (Å²) in [6, 6.07) is 4.46. The Hall–Kier alpha value is -1.31. The van der Waals surface area contributed by atoms with Crippen LogP contribution in [0.4, 0.5) is 0 Å². The van der Waals surface area contributed by atoms with Crippen molar-refractivity contribution in [3.8, 4) is 5.75 Å². The molecule has 1 heterocycles. The molecule has 8 heteroatoms. The molecule has 2 rings (SSSR count). The van der Waals surface area contributed by atoms with Crippen LogP contribution >= 0.6 is 11.6 Å². The normalized spacial score (nSPS) is 17.0. The van der Waals surface area contributed by atoms with Crippen molar-refractivity contribution in [2.75, 3.05) is 33.3 Å². The summed E-state index contributed by atoms with van der Waals surface area (Å²) in [7, 11) is -2.16. The predicted molar refractivity (Wildman–Crippen MR) is 74.4 cm³/mol. The molecule has 0 spiro atoms. The first kappa shape index (κ1) is 15.1. The molecule has 0 radical (unpaired) electrons. The third-order valence-electron chi connectivity index (χ3n) is 3.18. The molecule has 0 bridgehead atoms. The van der Waals surface area contributed by atoms with Crippen molar-refractivity contribution < 1.29 is 17.9 Å². The summed E-state index contributed by atoms with van der Waals surface area (Å²) in [4.78, 5) is 12.2. The summed E-state index contributed by atoms with van der Waals surface area (Å²) in [5.41, 5.74) is 0. The van der Waals surface area contributed by atoms with Gasteiger partial charge in [0.15, 0.2) is 0 Å². The summed E-state index contributed by atoms with van der Waals surface area (Å²) >= 11 is 6.02. The molecule has 0 unspecified atom stereocenters. The van der Waals surface area contributed by atoms with Crippen molar-refractivity contribution in [2.45, 2.75) is 4.90 Å². The summed E-state index contributed by atoms with van der Waals surface area (Å²) in [6.45, 7) is 1.31. The highest BCUT2D eigenvalue weighted by molar-refractivity contribution is 7.89. The minimum atomic E-state index is -3.65. The van der Waals surface area contributed by atoms with Gasteiger partial charge in [0.1, 0.15) is 10.6 Å². The van der Waals surface area contributed by atoms with Crippen molar-refractivity contribution in [1.29, 1.82) is 0 Å². The van der Waals surface area contributed by atoms with Crippen LogP contribution in [0.3, 0.4) is 0 Å². The molecule has 0 N–H and O–H groups in total. The minimum absolute atomic E-state index is 0.0551. The Morgan fingerprint density at radius 3 is 2.40 bits per heavy atom. The molecule has 1 fully saturated rings. The Morgan fingerprint density at radius 2 is 1.90 bits per heavy atom. The monoisotopic (exact) mass is 318 g/mol. The molecular weight excluding hydrogens is 304 g/mol. The van der Waals surface area contributed by atoms with Gasteiger partial charge in [0.05, 0.1) is 12.1 Å². The SMILES string of the molecule is COc1ccc(S(=O)(=O)N2CCN(C=O)CC2)c(Cl)c1. The van der Waals surface area contributed by atoms with E-state index in [1.807, 2.05) is 0 Å². The Kier molecular flexibility index (Phi) is 4.52. The molecule has 0 atom stereocenters. The van der Waals surface area contributed by atoms with Crippen LogP contribution in [0, 0.1) is 0 Å². The third-order valence-corrected chi connectivity index (χ3v) is 5.56. The van der Waals surface area contributed by atoms with Crippen LogP contribution in [-0.2, 0) is 14.8 Å². The predicted octanol–water partition coefficient (Wildman–Crippen LogP) is 0.811. The van der Waals surface area contributed by atoms with E-state index in [9.17, 15) is 13.2 Å². The summed E-state index contributed by atoms with van der Waals surface area (Å²) < 4.78 is 31.3. The molecular formula is C12H15ClN2O4S. The molecule has 1 aromatic rings. The molecule has 0 aliphatic carbocycles. The Morgan fingerprint density at radius 1 is 1.25 bits per heavy atom. The number of hydrogen-bond donors (Lipinski definition) is 0. The van der Waals surface area contributed by atoms with Gasteiger partial charge in [0.2, 0.25) is 16.4 Å². The average Bonchev–Trinajstić information content (AvgIpc) is 2.46. The molecule has 110 valence electrons. The second-order valence-corrected chi connectivity index (χ2v) is 6.66. The number of rotatable bonds is 4. The molecule has 0 aromatic heterocycles. The first-order valence-electron chi connectivity index (χ1n) is 6.02. The van der Waals surface area contributed by atoms with Crippen LogP contribution in [0.2, 0.25) is 5.02 Å². The highest BCUT2D eigenvalue weighted by atomic mass is 35.5. The van der Waals surface area contributed by atoms with E-state index in [0.717, 1.165) is 6.41 Å². The zero-order chi connectivity index (χ0) is 14.8. The zero-order valence-corrected chi connectivity index (χ0v) is 12.5. The number of carbonyl (C=O) groups is 1. The van der Waals surface area contributed by atoms with Gasteiger partial charge >= 0.3 is 0 Å². The molecule has 20 heavy (non-hydrogen) atoms. The summed E-state index contributed by atoms with van der Waals surface area (Å²) in [5, 5.41) is 0.127. The molecule has 6 nitrogen and oxygen atoms in total. The Balaban J connectivity index is 2.25. The van der Waals surface area contributed by atoms with Gasteiger partial charge in [-0.3, -0.25) is 4.79 Å². The lowest BCUT2D eigenvalue weighted by atomic mass is 10.3. The van der Waals surface area contributed by atoms with E-state index in [0.29, 0.717) is 18.8 Å². The number of hydrogen-bond acceptors (Lipinski definition) is 4. The van der Waals surface area contributed by atoms with E-state index in [-0.39, 0.29) is 23.0 Å². The summed E-state index contributed by atoms with van der Waals surface area (Å²) in [6.07, 6.45) is 0.727. The van der Waals surface area contributed by atoms with Gasteiger partial charge in [-0.25, -0.2) is 8.42 Å². The minimum Gasteiger partial charge on any atom is -0.497 e. The van der Waals surface area contributed by atoms with E-state index in [1.165, 1.54) is 23.5 Å². The number of ether oxygens (including phenoxy) is 1. The van der Waals surface area contributed by atoms with Crippen molar-refractivity contribution in [3.63, 3.8) is 0 Å². The van der Waals surface area contributed by atoms with Crippen molar-refractivity contribution in [3.05, 3.63) is 23.2 Å². The van der Waals surface area contributed by atoms with Gasteiger partial charge in [-0.1, -0.05) is 11.6 Å². The first-order chi connectivity index (χ1) is 9.48. The number of piperazine rings is 1. The second kappa shape index (κ2) is 5.99. The quantitative estimate of drug-likeness (QED) is 0.771. The molecule has 1 aliphatic heterocycles. The smallest absolute Gasteiger partial charge is 0.244 e. The average molecular weight is 319 g/mol. The topological polar surface area (TPSA) is 66.9 Å². The van der Waals surface area contributed by atoms with Crippen LogP contribution in [-0.4, -0.2) is 57.3 Å². The van der Waals surface area contributed by atoms with E-state index in [1.54, 1.807) is 11.0 Å². The van der Waals surface area contributed by atoms with Crippen LogP contribution in [0.5, 0.6) is 5.75 Å². The van der Waals surface area contributed by atoms with E-state index in [4.69, 9.17) is 16.3 Å². The largest absolute Gasteiger partial charge is 0.497 e. The molecule has 1 aromatic carbocycles.